The van der Waals surface area contributed by atoms with E-state index >= 15 is 0 Å². The largest absolute Gasteiger partial charge is 0.339 e. The molecule has 1 fully saturated rings. The minimum atomic E-state index is -0.331. The normalized spacial score (nSPS) is 18.0. The van der Waals surface area contributed by atoms with Crippen molar-refractivity contribution in [3.05, 3.63) is 30.1 Å². The highest BCUT2D eigenvalue weighted by Gasteiger charge is 2.24. The zero-order valence-corrected chi connectivity index (χ0v) is 12.2. The first-order chi connectivity index (χ1) is 9.70. The van der Waals surface area contributed by atoms with Crippen LogP contribution >= 0.6 is 0 Å². The fourth-order valence-electron chi connectivity index (χ4n) is 2.52. The highest BCUT2D eigenvalue weighted by molar-refractivity contribution is 5.81. The second-order valence-electron chi connectivity index (χ2n) is 5.32. The summed E-state index contributed by atoms with van der Waals surface area (Å²) in [4.78, 5) is 20.7. The van der Waals surface area contributed by atoms with E-state index in [0.717, 1.165) is 51.3 Å². The SMILES string of the molecule is CCCC(N)C(=O)N1CCN(Cc2ccccn2)CC1. The van der Waals surface area contributed by atoms with Crippen LogP contribution in [0.15, 0.2) is 24.4 Å². The predicted octanol–water partition coefficient (Wildman–Crippen LogP) is 0.853. The van der Waals surface area contributed by atoms with Crippen molar-refractivity contribution >= 4 is 5.91 Å². The van der Waals surface area contributed by atoms with Crippen molar-refractivity contribution in [1.29, 1.82) is 0 Å². The average molecular weight is 276 g/mol. The van der Waals surface area contributed by atoms with Gasteiger partial charge in [0.15, 0.2) is 0 Å². The third-order valence-corrected chi connectivity index (χ3v) is 3.71. The first-order valence-corrected chi connectivity index (χ1v) is 7.37. The number of rotatable bonds is 5. The van der Waals surface area contributed by atoms with Crippen molar-refractivity contribution in [3.8, 4) is 0 Å². The van der Waals surface area contributed by atoms with Crippen LogP contribution < -0.4 is 5.73 Å². The molecular formula is C15H24N4O. The number of nitrogens with zero attached hydrogens (tertiary/aromatic N) is 3. The van der Waals surface area contributed by atoms with E-state index in [9.17, 15) is 4.79 Å². The van der Waals surface area contributed by atoms with Gasteiger partial charge < -0.3 is 10.6 Å². The summed E-state index contributed by atoms with van der Waals surface area (Å²) in [6, 6.07) is 5.64. The minimum Gasteiger partial charge on any atom is -0.339 e. The molecule has 1 aromatic heterocycles. The molecule has 0 saturated carbocycles. The van der Waals surface area contributed by atoms with E-state index in [1.165, 1.54) is 0 Å². The number of amides is 1. The zero-order chi connectivity index (χ0) is 14.4. The van der Waals surface area contributed by atoms with Gasteiger partial charge in [-0.2, -0.15) is 0 Å². The number of pyridine rings is 1. The third-order valence-electron chi connectivity index (χ3n) is 3.71. The van der Waals surface area contributed by atoms with Gasteiger partial charge in [-0.25, -0.2) is 0 Å². The highest BCUT2D eigenvalue weighted by atomic mass is 16.2. The Balaban J connectivity index is 1.79. The van der Waals surface area contributed by atoms with Crippen LogP contribution in [0.3, 0.4) is 0 Å². The summed E-state index contributed by atoms with van der Waals surface area (Å²) in [6.45, 7) is 6.22. The van der Waals surface area contributed by atoms with Crippen LogP contribution in [0.5, 0.6) is 0 Å². The van der Waals surface area contributed by atoms with Gasteiger partial charge in [-0.3, -0.25) is 14.7 Å². The Labute approximate surface area is 120 Å². The van der Waals surface area contributed by atoms with Crippen LogP contribution in [-0.4, -0.2) is 52.9 Å². The molecule has 110 valence electrons. The third kappa shape index (κ3) is 4.02. The summed E-state index contributed by atoms with van der Waals surface area (Å²) >= 11 is 0. The van der Waals surface area contributed by atoms with Gasteiger partial charge in [0.25, 0.3) is 0 Å². The molecule has 0 aromatic carbocycles. The van der Waals surface area contributed by atoms with E-state index in [-0.39, 0.29) is 11.9 Å². The number of nitrogens with two attached hydrogens (primary N) is 1. The Bertz CT molecular complexity index is 415. The lowest BCUT2D eigenvalue weighted by Crippen LogP contribution is -2.52. The van der Waals surface area contributed by atoms with Gasteiger partial charge in [0, 0.05) is 38.9 Å². The van der Waals surface area contributed by atoms with Crippen molar-refractivity contribution in [2.75, 3.05) is 26.2 Å². The Morgan fingerprint density at radius 3 is 2.70 bits per heavy atom. The number of hydrogen-bond acceptors (Lipinski definition) is 4. The standard InChI is InChI=1S/C15H24N4O/c1-2-5-14(16)15(20)19-10-8-18(9-11-19)12-13-6-3-4-7-17-13/h3-4,6-7,14H,2,5,8-12,16H2,1H3. The maximum Gasteiger partial charge on any atom is 0.239 e. The van der Waals surface area contributed by atoms with Crippen molar-refractivity contribution in [2.24, 2.45) is 5.73 Å². The van der Waals surface area contributed by atoms with E-state index in [1.807, 2.05) is 29.3 Å². The molecule has 1 atom stereocenters. The number of carbonyl (C=O) groups excluding carboxylic acids is 1. The first kappa shape index (κ1) is 14.9. The maximum absolute atomic E-state index is 12.1. The van der Waals surface area contributed by atoms with Gasteiger partial charge in [0.1, 0.15) is 0 Å². The summed E-state index contributed by atoms with van der Waals surface area (Å²) in [5, 5.41) is 0. The molecule has 5 nitrogen and oxygen atoms in total. The Kier molecular flexibility index (Phi) is 5.49. The van der Waals surface area contributed by atoms with E-state index in [4.69, 9.17) is 5.73 Å². The van der Waals surface area contributed by atoms with E-state index in [0.29, 0.717) is 0 Å². The van der Waals surface area contributed by atoms with Gasteiger partial charge in [-0.05, 0) is 18.6 Å². The molecule has 2 heterocycles. The van der Waals surface area contributed by atoms with Crippen LogP contribution in [0, 0.1) is 0 Å². The highest BCUT2D eigenvalue weighted by Crippen LogP contribution is 2.08. The predicted molar refractivity (Wildman–Crippen MR) is 79.0 cm³/mol. The lowest BCUT2D eigenvalue weighted by atomic mass is 10.1. The van der Waals surface area contributed by atoms with Crippen molar-refractivity contribution < 1.29 is 4.79 Å². The summed E-state index contributed by atoms with van der Waals surface area (Å²) in [7, 11) is 0. The average Bonchev–Trinajstić information content (AvgIpc) is 2.48. The molecule has 1 unspecified atom stereocenters. The zero-order valence-electron chi connectivity index (χ0n) is 12.2. The molecule has 0 aliphatic carbocycles. The first-order valence-electron chi connectivity index (χ1n) is 7.37. The van der Waals surface area contributed by atoms with Crippen LogP contribution in [0.25, 0.3) is 0 Å². The second kappa shape index (κ2) is 7.36. The molecule has 0 bridgehead atoms. The molecule has 1 aliphatic heterocycles. The molecule has 1 aromatic rings. The van der Waals surface area contributed by atoms with Crippen LogP contribution in [0.1, 0.15) is 25.5 Å². The summed E-state index contributed by atoms with van der Waals surface area (Å²) in [5.41, 5.74) is 6.98. The quantitative estimate of drug-likeness (QED) is 0.866. The number of aromatic nitrogens is 1. The topological polar surface area (TPSA) is 62.5 Å². The second-order valence-corrected chi connectivity index (χ2v) is 5.32. The molecular weight excluding hydrogens is 252 g/mol. The summed E-state index contributed by atoms with van der Waals surface area (Å²) < 4.78 is 0. The monoisotopic (exact) mass is 276 g/mol. The summed E-state index contributed by atoms with van der Waals surface area (Å²) in [6.07, 6.45) is 3.54. The molecule has 1 aliphatic rings. The molecule has 0 spiro atoms. The van der Waals surface area contributed by atoms with Crippen LogP contribution in [0.4, 0.5) is 0 Å². The van der Waals surface area contributed by atoms with Gasteiger partial charge in [-0.15, -0.1) is 0 Å². The number of carbonyl (C=O) groups is 1. The Hall–Kier alpha value is -1.46. The van der Waals surface area contributed by atoms with Crippen molar-refractivity contribution in [3.63, 3.8) is 0 Å². The Morgan fingerprint density at radius 2 is 2.10 bits per heavy atom. The Morgan fingerprint density at radius 1 is 1.35 bits per heavy atom. The fourth-order valence-corrected chi connectivity index (χ4v) is 2.52. The molecule has 1 amide bonds. The van der Waals surface area contributed by atoms with Gasteiger partial charge in [-0.1, -0.05) is 19.4 Å². The molecule has 0 radical (unpaired) electrons. The van der Waals surface area contributed by atoms with Crippen molar-refractivity contribution in [1.82, 2.24) is 14.8 Å². The van der Waals surface area contributed by atoms with Gasteiger partial charge in [0.2, 0.25) is 5.91 Å². The maximum atomic E-state index is 12.1. The molecule has 2 N–H and O–H groups in total. The lowest BCUT2D eigenvalue weighted by molar-refractivity contribution is -0.134. The molecule has 1 saturated heterocycles. The minimum absolute atomic E-state index is 0.101. The van der Waals surface area contributed by atoms with E-state index in [2.05, 4.69) is 16.8 Å². The smallest absolute Gasteiger partial charge is 0.239 e. The van der Waals surface area contributed by atoms with Crippen molar-refractivity contribution in [2.45, 2.75) is 32.4 Å². The fraction of sp³-hybridized carbons (Fsp3) is 0.600. The lowest BCUT2D eigenvalue weighted by Gasteiger charge is -2.35. The molecule has 20 heavy (non-hydrogen) atoms. The van der Waals surface area contributed by atoms with Gasteiger partial charge in [0.05, 0.1) is 11.7 Å². The number of hydrogen-bond donors (Lipinski definition) is 1. The molecule has 2 rings (SSSR count). The van der Waals surface area contributed by atoms with Crippen LogP contribution in [-0.2, 0) is 11.3 Å². The number of piperazine rings is 1. The van der Waals surface area contributed by atoms with E-state index in [1.54, 1.807) is 0 Å². The summed E-state index contributed by atoms with van der Waals surface area (Å²) in [5.74, 6) is 0.101. The molecule has 5 heteroatoms. The van der Waals surface area contributed by atoms with Gasteiger partial charge >= 0.3 is 0 Å². The van der Waals surface area contributed by atoms with E-state index < -0.39 is 0 Å². The van der Waals surface area contributed by atoms with Crippen LogP contribution in [0.2, 0.25) is 0 Å².